The molecule has 0 aliphatic rings. The molecule has 13 heteroatoms. The van der Waals surface area contributed by atoms with Crippen molar-refractivity contribution in [3.63, 3.8) is 0 Å². The normalized spacial score (nSPS) is 10.9. The summed E-state index contributed by atoms with van der Waals surface area (Å²) in [6, 6.07) is 34.6. The van der Waals surface area contributed by atoms with Gasteiger partial charge in [-0.3, -0.25) is 14.3 Å². The molecule has 2 heterocycles. The molecule has 7 aromatic rings. The van der Waals surface area contributed by atoms with E-state index in [0.717, 1.165) is 22.4 Å². The Labute approximate surface area is 328 Å². The van der Waals surface area contributed by atoms with Crippen LogP contribution in [-0.4, -0.2) is 30.0 Å². The summed E-state index contributed by atoms with van der Waals surface area (Å²) in [5, 5.41) is 9.29. The van der Waals surface area contributed by atoms with E-state index in [1.54, 1.807) is 61.0 Å². The maximum Gasteiger partial charge on any atom is 0.262 e. The highest BCUT2D eigenvalue weighted by Gasteiger charge is 2.19. The van der Waals surface area contributed by atoms with Crippen molar-refractivity contribution < 1.29 is 18.0 Å². The van der Waals surface area contributed by atoms with Crippen molar-refractivity contribution in [3.05, 3.63) is 171 Å². The van der Waals surface area contributed by atoms with E-state index in [9.17, 15) is 18.0 Å². The van der Waals surface area contributed by atoms with Crippen molar-refractivity contribution in [1.29, 1.82) is 0 Å². The first kappa shape index (κ1) is 38.6. The lowest BCUT2D eigenvalue weighted by Crippen LogP contribution is -2.14. The number of carbonyl (C=O) groups is 2. The van der Waals surface area contributed by atoms with Gasteiger partial charge in [-0.25, -0.2) is 18.4 Å². The quantitative estimate of drug-likeness (QED) is 0.0741. The maximum absolute atomic E-state index is 12.9. The minimum absolute atomic E-state index is 0.0602. The van der Waals surface area contributed by atoms with E-state index in [-0.39, 0.29) is 16.5 Å². The number of anilines is 6. The number of aryl methyl sites for hydroxylation is 4. The largest absolute Gasteiger partial charge is 0.399 e. The predicted octanol–water partition coefficient (Wildman–Crippen LogP) is 9.85. The van der Waals surface area contributed by atoms with Crippen LogP contribution in [0.4, 0.5) is 33.0 Å². The highest BCUT2D eigenvalue weighted by atomic mass is 32.2. The van der Waals surface area contributed by atoms with Gasteiger partial charge in [0.2, 0.25) is 11.6 Å². The molecule has 5 N–H and O–H groups in total. The molecule has 10 nitrogen and oxygen atoms in total. The average Bonchev–Trinajstić information content (AvgIpc) is 3.83. The summed E-state index contributed by atoms with van der Waals surface area (Å²) < 4.78 is 28.5. The Balaban J connectivity index is 0.000000203. The molecule has 0 saturated carbocycles. The molecule has 0 aliphatic carbocycles. The second-order valence-electron chi connectivity index (χ2n) is 12.7. The van der Waals surface area contributed by atoms with Gasteiger partial charge in [0.25, 0.3) is 10.0 Å². The number of benzene rings is 5. The second kappa shape index (κ2) is 16.9. The second-order valence-corrected chi connectivity index (χ2v) is 16.2. The zero-order chi connectivity index (χ0) is 39.1. The number of nitrogens with zero attached hydrogens (tertiary/aromatic N) is 2. The zero-order valence-electron chi connectivity index (χ0n) is 30.5. The molecular weight excluding hydrogens is 749 g/mol. The molecule has 0 fully saturated rings. The van der Waals surface area contributed by atoms with Crippen LogP contribution in [0.3, 0.4) is 0 Å². The SMILES string of the molecule is Cc1ccc(C)c(S(=O)(=O)Nc2cccc(Nc3ncc(C(=O)c4ccccc4C)s3)c2)c1.Cc1ccccc1C(=O)c1csc(Nc2cccc(N)c2)n1. The number of nitrogens with one attached hydrogen (secondary N) is 3. The van der Waals surface area contributed by atoms with Crippen molar-refractivity contribution in [2.75, 3.05) is 21.1 Å². The summed E-state index contributed by atoms with van der Waals surface area (Å²) in [6.07, 6.45) is 1.55. The third kappa shape index (κ3) is 9.70. The molecule has 0 bridgehead atoms. The molecule has 0 amide bonds. The van der Waals surface area contributed by atoms with E-state index < -0.39 is 10.0 Å². The van der Waals surface area contributed by atoms with Gasteiger partial charge in [-0.2, -0.15) is 0 Å². The van der Waals surface area contributed by atoms with Gasteiger partial charge in [-0.15, -0.1) is 11.3 Å². The Morgan fingerprint density at radius 2 is 1.27 bits per heavy atom. The van der Waals surface area contributed by atoms with Crippen molar-refractivity contribution in [2.45, 2.75) is 32.6 Å². The van der Waals surface area contributed by atoms with Gasteiger partial charge in [0.1, 0.15) is 5.69 Å². The lowest BCUT2D eigenvalue weighted by atomic mass is 10.0. The molecule has 0 saturated heterocycles. The Bertz CT molecular complexity index is 2620. The van der Waals surface area contributed by atoms with Gasteiger partial charge in [0, 0.05) is 33.6 Å². The number of thiazole rings is 2. The molecule has 0 unspecified atom stereocenters. The number of aromatic nitrogens is 2. The first-order chi connectivity index (χ1) is 26.4. The number of nitrogen functional groups attached to an aromatic ring is 1. The smallest absolute Gasteiger partial charge is 0.262 e. The lowest BCUT2D eigenvalue weighted by molar-refractivity contribution is 0.102. The van der Waals surface area contributed by atoms with Gasteiger partial charge in [0.15, 0.2) is 10.3 Å². The predicted molar refractivity (Wildman–Crippen MR) is 224 cm³/mol. The number of nitrogens with two attached hydrogens (primary N) is 1. The lowest BCUT2D eigenvalue weighted by Gasteiger charge is -2.12. The number of carbonyl (C=O) groups excluding carboxylic acids is 2. The van der Waals surface area contributed by atoms with Gasteiger partial charge >= 0.3 is 0 Å². The van der Waals surface area contributed by atoms with Gasteiger partial charge in [0.05, 0.1) is 21.7 Å². The number of rotatable bonds is 11. The first-order valence-electron chi connectivity index (χ1n) is 17.1. The summed E-state index contributed by atoms with van der Waals surface area (Å²) in [6.45, 7) is 7.45. The van der Waals surface area contributed by atoms with E-state index in [2.05, 4.69) is 25.3 Å². The van der Waals surface area contributed by atoms with Crippen LogP contribution < -0.4 is 21.1 Å². The minimum atomic E-state index is -3.73. The third-order valence-corrected chi connectivity index (χ3v) is 11.6. The monoisotopic (exact) mass is 786 g/mol. The molecule has 0 atom stereocenters. The van der Waals surface area contributed by atoms with Gasteiger partial charge < -0.3 is 16.4 Å². The van der Waals surface area contributed by atoms with E-state index in [0.29, 0.717) is 54.6 Å². The van der Waals surface area contributed by atoms with Crippen LogP contribution in [0.1, 0.15) is 53.5 Å². The zero-order valence-corrected chi connectivity index (χ0v) is 32.9. The van der Waals surface area contributed by atoms with Crippen molar-refractivity contribution in [2.24, 2.45) is 0 Å². The maximum atomic E-state index is 12.9. The molecule has 278 valence electrons. The van der Waals surface area contributed by atoms with Crippen molar-refractivity contribution >= 4 is 77.3 Å². The Morgan fingerprint density at radius 3 is 1.96 bits per heavy atom. The Hall–Kier alpha value is -6.15. The fourth-order valence-electron chi connectivity index (χ4n) is 5.53. The van der Waals surface area contributed by atoms with Crippen LogP contribution >= 0.6 is 22.7 Å². The summed E-state index contributed by atoms with van der Waals surface area (Å²) in [5.74, 6) is -0.135. The molecule has 0 spiro atoms. The average molecular weight is 787 g/mol. The number of hydrogen-bond acceptors (Lipinski definition) is 11. The highest BCUT2D eigenvalue weighted by Crippen LogP contribution is 2.28. The molecule has 55 heavy (non-hydrogen) atoms. The molecule has 5 aromatic carbocycles. The summed E-state index contributed by atoms with van der Waals surface area (Å²) >= 11 is 2.64. The molecule has 2 aromatic heterocycles. The van der Waals surface area contributed by atoms with Crippen LogP contribution in [0.15, 0.2) is 132 Å². The van der Waals surface area contributed by atoms with Gasteiger partial charge in [-0.1, -0.05) is 84.1 Å². The Kier molecular flexibility index (Phi) is 11.8. The van der Waals surface area contributed by atoms with Crippen LogP contribution in [0.5, 0.6) is 0 Å². The van der Waals surface area contributed by atoms with E-state index >= 15 is 0 Å². The minimum Gasteiger partial charge on any atom is -0.399 e. The van der Waals surface area contributed by atoms with Crippen molar-refractivity contribution in [1.82, 2.24) is 9.97 Å². The van der Waals surface area contributed by atoms with Crippen LogP contribution in [0.25, 0.3) is 0 Å². The highest BCUT2D eigenvalue weighted by molar-refractivity contribution is 7.92. The Morgan fingerprint density at radius 1 is 0.655 bits per heavy atom. The van der Waals surface area contributed by atoms with Crippen LogP contribution in [-0.2, 0) is 10.0 Å². The number of ketones is 2. The topological polar surface area (TPSA) is 156 Å². The summed E-state index contributed by atoms with van der Waals surface area (Å²) in [7, 11) is -3.73. The van der Waals surface area contributed by atoms with E-state index in [4.69, 9.17) is 5.73 Å². The standard InChI is InChI=1S/C25H23N3O3S2.C17H15N3OS/c1-16-11-12-18(3)23(13-16)33(30,31)28-20-9-6-8-19(14-20)27-25-26-15-22(32-25)24(29)21-10-5-4-7-17(21)2;1-11-5-2-3-8-14(11)16(21)15-10-22-17(20-15)19-13-7-4-6-12(18)9-13/h4-15,28H,1-3H3,(H,26,27);2-10H,18H2,1H3,(H,19,20). The van der Waals surface area contributed by atoms with Gasteiger partial charge in [-0.05, 0) is 92.4 Å². The fourth-order valence-corrected chi connectivity index (χ4v) is 8.41. The van der Waals surface area contributed by atoms with E-state index in [1.165, 1.54) is 22.7 Å². The number of hydrogen-bond donors (Lipinski definition) is 4. The molecule has 0 radical (unpaired) electrons. The summed E-state index contributed by atoms with van der Waals surface area (Å²) in [5.41, 5.74) is 13.5. The van der Waals surface area contributed by atoms with E-state index in [1.807, 2.05) is 93.6 Å². The van der Waals surface area contributed by atoms with Crippen LogP contribution in [0.2, 0.25) is 0 Å². The first-order valence-corrected chi connectivity index (χ1v) is 20.3. The third-order valence-electron chi connectivity index (χ3n) is 8.38. The fraction of sp³-hybridized carbons (Fsp3) is 0.0952. The van der Waals surface area contributed by atoms with Crippen molar-refractivity contribution in [3.8, 4) is 0 Å². The molecule has 7 rings (SSSR count). The molecular formula is C42H38N6O4S3. The molecule has 0 aliphatic heterocycles. The summed E-state index contributed by atoms with van der Waals surface area (Å²) in [4.78, 5) is 34.7. The number of sulfonamides is 1. The van der Waals surface area contributed by atoms with Crippen LogP contribution in [0, 0.1) is 27.7 Å².